The Labute approximate surface area is 170 Å². The van der Waals surface area contributed by atoms with E-state index < -0.39 is 0 Å². The molecule has 0 aliphatic heterocycles. The lowest BCUT2D eigenvalue weighted by Gasteiger charge is -2.22. The fourth-order valence-corrected chi connectivity index (χ4v) is 3.35. The summed E-state index contributed by atoms with van der Waals surface area (Å²) >= 11 is 0. The summed E-state index contributed by atoms with van der Waals surface area (Å²) in [5.74, 6) is 1.43. The Hall–Kier alpha value is -2.99. The van der Waals surface area contributed by atoms with Gasteiger partial charge >= 0.3 is 0 Å². The van der Waals surface area contributed by atoms with Crippen LogP contribution in [0.15, 0.2) is 51.9 Å². The van der Waals surface area contributed by atoms with Crippen LogP contribution in [0, 0.1) is 0 Å². The van der Waals surface area contributed by atoms with Gasteiger partial charge in [0.05, 0.1) is 18.1 Å². The maximum Gasteiger partial charge on any atom is 0.235 e. The van der Waals surface area contributed by atoms with Gasteiger partial charge in [0.1, 0.15) is 29.1 Å². The van der Waals surface area contributed by atoms with Gasteiger partial charge in [0, 0.05) is 6.54 Å². The molecule has 0 unspecified atom stereocenters. The smallest absolute Gasteiger partial charge is 0.235 e. The molecule has 1 aromatic heterocycles. The molecule has 154 valence electrons. The second-order valence-electron chi connectivity index (χ2n) is 6.92. The van der Waals surface area contributed by atoms with Crippen LogP contribution in [0.4, 0.5) is 0 Å². The van der Waals surface area contributed by atoms with Gasteiger partial charge < -0.3 is 19.0 Å². The molecule has 0 aliphatic rings. The zero-order valence-corrected chi connectivity index (χ0v) is 17.1. The maximum absolute atomic E-state index is 13.0. The molecule has 0 fully saturated rings. The van der Waals surface area contributed by atoms with Crippen LogP contribution in [0.5, 0.6) is 23.0 Å². The third-order valence-electron chi connectivity index (χ3n) is 4.74. The average Bonchev–Trinajstić information content (AvgIpc) is 2.73. The Morgan fingerprint density at radius 1 is 1.00 bits per heavy atom. The van der Waals surface area contributed by atoms with E-state index in [9.17, 15) is 9.90 Å². The van der Waals surface area contributed by atoms with E-state index in [2.05, 4.69) is 18.7 Å². The number of benzene rings is 2. The Kier molecular flexibility index (Phi) is 6.77. The second kappa shape index (κ2) is 9.47. The summed E-state index contributed by atoms with van der Waals surface area (Å²) in [7, 11) is 1.59. The van der Waals surface area contributed by atoms with Crippen LogP contribution in [0.2, 0.25) is 0 Å². The maximum atomic E-state index is 13.0. The van der Waals surface area contributed by atoms with E-state index in [1.165, 1.54) is 6.26 Å². The van der Waals surface area contributed by atoms with Gasteiger partial charge in [-0.15, -0.1) is 0 Å². The molecular formula is C23H27NO5. The number of phenols is 1. The SMILES string of the molecule is CCCN(CCC)Cc1c(O)ccc2c(=O)c(Oc3ccc(OC)cc3)coc12. The normalized spacial score (nSPS) is 11.2. The zero-order chi connectivity index (χ0) is 20.8. The number of ether oxygens (including phenoxy) is 2. The van der Waals surface area contributed by atoms with Crippen molar-refractivity contribution < 1.29 is 19.0 Å². The van der Waals surface area contributed by atoms with E-state index >= 15 is 0 Å². The summed E-state index contributed by atoms with van der Waals surface area (Å²) in [5.41, 5.74) is 0.743. The predicted molar refractivity (Wildman–Crippen MR) is 113 cm³/mol. The van der Waals surface area contributed by atoms with Crippen molar-refractivity contribution in [1.29, 1.82) is 0 Å². The van der Waals surface area contributed by atoms with Gasteiger partial charge in [-0.3, -0.25) is 9.69 Å². The number of aromatic hydroxyl groups is 1. The molecule has 1 heterocycles. The number of phenolic OH excluding ortho intramolecular Hbond substituents is 1. The van der Waals surface area contributed by atoms with Crippen molar-refractivity contribution in [2.24, 2.45) is 0 Å². The minimum absolute atomic E-state index is 0.0956. The van der Waals surface area contributed by atoms with Gasteiger partial charge in [-0.1, -0.05) is 13.8 Å². The summed E-state index contributed by atoms with van der Waals surface area (Å²) < 4.78 is 16.6. The van der Waals surface area contributed by atoms with Crippen molar-refractivity contribution in [3.63, 3.8) is 0 Å². The molecule has 3 rings (SSSR count). The molecule has 0 atom stereocenters. The van der Waals surface area contributed by atoms with Crippen LogP contribution < -0.4 is 14.9 Å². The highest BCUT2D eigenvalue weighted by Gasteiger charge is 2.17. The zero-order valence-electron chi connectivity index (χ0n) is 17.1. The number of hydrogen-bond acceptors (Lipinski definition) is 6. The topological polar surface area (TPSA) is 72.1 Å². The van der Waals surface area contributed by atoms with Crippen LogP contribution in [-0.2, 0) is 6.54 Å². The summed E-state index contributed by atoms with van der Waals surface area (Å²) in [4.78, 5) is 15.2. The van der Waals surface area contributed by atoms with E-state index in [0.29, 0.717) is 34.6 Å². The first-order chi connectivity index (χ1) is 14.1. The minimum Gasteiger partial charge on any atom is -0.507 e. The molecule has 0 radical (unpaired) electrons. The van der Waals surface area contributed by atoms with Gasteiger partial charge in [0.15, 0.2) is 0 Å². The lowest BCUT2D eigenvalue weighted by Crippen LogP contribution is -2.25. The average molecular weight is 397 g/mol. The van der Waals surface area contributed by atoms with Crippen LogP contribution in [-0.4, -0.2) is 30.2 Å². The molecule has 6 heteroatoms. The largest absolute Gasteiger partial charge is 0.507 e. The molecule has 0 aliphatic carbocycles. The first-order valence-corrected chi connectivity index (χ1v) is 9.88. The first-order valence-electron chi connectivity index (χ1n) is 9.88. The van der Waals surface area contributed by atoms with Gasteiger partial charge in [-0.25, -0.2) is 0 Å². The molecule has 6 nitrogen and oxygen atoms in total. The van der Waals surface area contributed by atoms with Crippen molar-refractivity contribution in [2.45, 2.75) is 33.2 Å². The van der Waals surface area contributed by atoms with E-state index in [-0.39, 0.29) is 16.9 Å². The highest BCUT2D eigenvalue weighted by Crippen LogP contribution is 2.30. The molecule has 0 spiro atoms. The van der Waals surface area contributed by atoms with Crippen LogP contribution in [0.25, 0.3) is 11.0 Å². The molecule has 3 aromatic rings. The van der Waals surface area contributed by atoms with Crippen molar-refractivity contribution in [3.05, 3.63) is 58.4 Å². The summed E-state index contributed by atoms with van der Waals surface area (Å²) in [6.45, 7) is 6.58. The van der Waals surface area contributed by atoms with Gasteiger partial charge in [-0.05, 0) is 62.3 Å². The summed E-state index contributed by atoms with van der Waals surface area (Å²) in [6, 6.07) is 10.1. The number of methoxy groups -OCH3 is 1. The fourth-order valence-electron chi connectivity index (χ4n) is 3.35. The van der Waals surface area contributed by atoms with Crippen molar-refractivity contribution in [2.75, 3.05) is 20.2 Å². The lowest BCUT2D eigenvalue weighted by atomic mass is 10.1. The second-order valence-corrected chi connectivity index (χ2v) is 6.92. The standard InChI is InChI=1S/C23H27NO5/c1-4-12-24(13-5-2)14-19-20(25)11-10-18-22(26)21(15-28-23(18)19)29-17-8-6-16(27-3)7-9-17/h6-11,15,25H,4-5,12-14H2,1-3H3. The molecular weight excluding hydrogens is 370 g/mol. The predicted octanol–water partition coefficient (Wildman–Crippen LogP) is 4.92. The molecule has 0 saturated heterocycles. The van der Waals surface area contributed by atoms with E-state index in [1.54, 1.807) is 43.5 Å². The Morgan fingerprint density at radius 3 is 2.28 bits per heavy atom. The van der Waals surface area contributed by atoms with E-state index in [0.717, 1.165) is 25.9 Å². The van der Waals surface area contributed by atoms with Crippen molar-refractivity contribution >= 4 is 11.0 Å². The highest BCUT2D eigenvalue weighted by atomic mass is 16.5. The van der Waals surface area contributed by atoms with Crippen LogP contribution in [0.1, 0.15) is 32.3 Å². The Morgan fingerprint density at radius 2 is 1.66 bits per heavy atom. The van der Waals surface area contributed by atoms with Crippen LogP contribution >= 0.6 is 0 Å². The minimum atomic E-state index is -0.277. The van der Waals surface area contributed by atoms with E-state index in [4.69, 9.17) is 13.9 Å². The quantitative estimate of drug-likeness (QED) is 0.552. The number of nitrogens with zero attached hydrogens (tertiary/aromatic N) is 1. The Balaban J connectivity index is 1.95. The first kappa shape index (κ1) is 20.7. The third kappa shape index (κ3) is 4.71. The van der Waals surface area contributed by atoms with Gasteiger partial charge in [0.2, 0.25) is 11.2 Å². The van der Waals surface area contributed by atoms with Crippen LogP contribution in [0.3, 0.4) is 0 Å². The molecule has 2 aromatic carbocycles. The summed E-state index contributed by atoms with van der Waals surface area (Å²) in [5, 5.41) is 10.8. The molecule has 0 bridgehead atoms. The highest BCUT2D eigenvalue weighted by molar-refractivity contribution is 5.83. The Bertz CT molecular complexity index is 1000. The molecule has 0 amide bonds. The fraction of sp³-hybridized carbons (Fsp3) is 0.348. The van der Waals surface area contributed by atoms with E-state index in [1.807, 2.05) is 0 Å². The summed E-state index contributed by atoms with van der Waals surface area (Å²) in [6.07, 6.45) is 3.33. The van der Waals surface area contributed by atoms with Gasteiger partial charge in [-0.2, -0.15) is 0 Å². The third-order valence-corrected chi connectivity index (χ3v) is 4.74. The molecule has 0 saturated carbocycles. The number of fused-ring (bicyclic) bond motifs is 1. The molecule has 29 heavy (non-hydrogen) atoms. The van der Waals surface area contributed by atoms with Crippen molar-refractivity contribution in [1.82, 2.24) is 4.90 Å². The monoisotopic (exact) mass is 397 g/mol. The van der Waals surface area contributed by atoms with Crippen molar-refractivity contribution in [3.8, 4) is 23.0 Å². The number of hydrogen-bond donors (Lipinski definition) is 1. The van der Waals surface area contributed by atoms with Gasteiger partial charge in [0.25, 0.3) is 0 Å². The number of rotatable bonds is 9. The molecule has 1 N–H and O–H groups in total. The lowest BCUT2D eigenvalue weighted by molar-refractivity contribution is 0.262.